The number of Topliss-reactive ketones (excluding diaryl/α,β-unsaturated/α-hetero) is 1. The summed E-state index contributed by atoms with van der Waals surface area (Å²) in [5, 5.41) is 3.01. The molecule has 0 aliphatic rings. The summed E-state index contributed by atoms with van der Waals surface area (Å²) in [6, 6.07) is 2.64. The van der Waals surface area contributed by atoms with Crippen LogP contribution in [-0.4, -0.2) is 17.9 Å². The number of nitrogens with zero attached hydrogens (tertiary/aromatic N) is 1. The van der Waals surface area contributed by atoms with Crippen molar-refractivity contribution in [1.29, 1.82) is 0 Å². The predicted octanol–water partition coefficient (Wildman–Crippen LogP) is 3.76. The van der Waals surface area contributed by atoms with Crippen molar-refractivity contribution in [3.63, 3.8) is 0 Å². The van der Waals surface area contributed by atoms with Gasteiger partial charge in [-0.3, -0.25) is 4.79 Å². The summed E-state index contributed by atoms with van der Waals surface area (Å²) in [7, 11) is 1.36. The van der Waals surface area contributed by atoms with Gasteiger partial charge in [-0.15, -0.1) is 11.3 Å². The molecule has 20 heavy (non-hydrogen) atoms. The van der Waals surface area contributed by atoms with E-state index in [4.69, 9.17) is 16.3 Å². The standard InChI is InChI=1S/C13H12ClFN2O2S/c1-7(18)9-3-12(19-2)10(15)4-11(9)16-5-8-6-17-13(14)20-8/h3-4,6,16H,5H2,1-2H3. The number of methoxy groups -OCH3 is 1. The quantitative estimate of drug-likeness (QED) is 0.854. The molecule has 4 nitrogen and oxygen atoms in total. The van der Waals surface area contributed by atoms with E-state index in [1.807, 2.05) is 0 Å². The highest BCUT2D eigenvalue weighted by molar-refractivity contribution is 7.15. The van der Waals surface area contributed by atoms with Crippen LogP contribution in [0.25, 0.3) is 0 Å². The summed E-state index contributed by atoms with van der Waals surface area (Å²) in [5.74, 6) is -0.656. The van der Waals surface area contributed by atoms with E-state index >= 15 is 0 Å². The number of benzene rings is 1. The largest absolute Gasteiger partial charge is 0.494 e. The number of aromatic nitrogens is 1. The molecule has 2 aromatic rings. The number of carbonyl (C=O) groups is 1. The van der Waals surface area contributed by atoms with Crippen molar-refractivity contribution in [2.75, 3.05) is 12.4 Å². The number of ether oxygens (including phenoxy) is 1. The van der Waals surface area contributed by atoms with Crippen molar-refractivity contribution in [2.24, 2.45) is 0 Å². The normalized spacial score (nSPS) is 10.4. The molecule has 0 unspecified atom stereocenters. The predicted molar refractivity (Wildman–Crippen MR) is 77.4 cm³/mol. The summed E-state index contributed by atoms with van der Waals surface area (Å²) < 4.78 is 19.0. The van der Waals surface area contributed by atoms with Crippen LogP contribution < -0.4 is 10.1 Å². The number of anilines is 1. The molecule has 0 aliphatic heterocycles. The minimum atomic E-state index is -0.526. The minimum Gasteiger partial charge on any atom is -0.494 e. The third kappa shape index (κ3) is 3.26. The van der Waals surface area contributed by atoms with Crippen LogP contribution in [0.2, 0.25) is 4.47 Å². The van der Waals surface area contributed by atoms with Gasteiger partial charge in [-0.1, -0.05) is 11.6 Å². The Morgan fingerprint density at radius 3 is 2.85 bits per heavy atom. The molecule has 0 amide bonds. The van der Waals surface area contributed by atoms with Crippen molar-refractivity contribution < 1.29 is 13.9 Å². The number of hydrogen-bond acceptors (Lipinski definition) is 5. The van der Waals surface area contributed by atoms with Gasteiger partial charge in [0, 0.05) is 28.4 Å². The lowest BCUT2D eigenvalue weighted by Gasteiger charge is -2.12. The van der Waals surface area contributed by atoms with Gasteiger partial charge in [-0.2, -0.15) is 0 Å². The van der Waals surface area contributed by atoms with Crippen LogP contribution >= 0.6 is 22.9 Å². The Hall–Kier alpha value is -1.66. The topological polar surface area (TPSA) is 51.2 Å². The van der Waals surface area contributed by atoms with E-state index in [1.165, 1.54) is 37.5 Å². The zero-order chi connectivity index (χ0) is 14.7. The van der Waals surface area contributed by atoms with E-state index in [0.29, 0.717) is 22.3 Å². The fourth-order valence-corrected chi connectivity index (χ4v) is 2.61. The molecular formula is C13H12ClFN2O2S. The van der Waals surface area contributed by atoms with E-state index in [-0.39, 0.29) is 11.5 Å². The first-order valence-corrected chi connectivity index (χ1v) is 6.93. The number of thiazole rings is 1. The monoisotopic (exact) mass is 314 g/mol. The van der Waals surface area contributed by atoms with Crippen molar-refractivity contribution in [3.05, 3.63) is 39.1 Å². The summed E-state index contributed by atoms with van der Waals surface area (Å²) in [6.45, 7) is 1.83. The Bertz CT molecular complexity index is 645. The van der Waals surface area contributed by atoms with Crippen molar-refractivity contribution in [1.82, 2.24) is 4.98 Å². The van der Waals surface area contributed by atoms with Crippen molar-refractivity contribution >= 4 is 34.4 Å². The van der Waals surface area contributed by atoms with Crippen LogP contribution in [0.5, 0.6) is 5.75 Å². The fraction of sp³-hybridized carbons (Fsp3) is 0.231. The first-order chi connectivity index (χ1) is 9.51. The molecule has 106 valence electrons. The second-order valence-corrected chi connectivity index (χ2v) is 5.72. The van der Waals surface area contributed by atoms with Gasteiger partial charge in [-0.25, -0.2) is 9.37 Å². The second kappa shape index (κ2) is 6.19. The maximum absolute atomic E-state index is 13.7. The lowest BCUT2D eigenvalue weighted by molar-refractivity contribution is 0.101. The number of ketones is 1. The zero-order valence-electron chi connectivity index (χ0n) is 10.9. The molecular weight excluding hydrogens is 303 g/mol. The molecule has 0 bridgehead atoms. The van der Waals surface area contributed by atoms with E-state index in [0.717, 1.165) is 4.88 Å². The molecule has 1 heterocycles. The van der Waals surface area contributed by atoms with Crippen LogP contribution in [0.3, 0.4) is 0 Å². The minimum absolute atomic E-state index is 0.0431. The van der Waals surface area contributed by atoms with E-state index in [1.54, 1.807) is 6.20 Å². The highest BCUT2D eigenvalue weighted by atomic mass is 35.5. The maximum atomic E-state index is 13.7. The third-order valence-corrected chi connectivity index (χ3v) is 3.76. The smallest absolute Gasteiger partial charge is 0.183 e. The van der Waals surface area contributed by atoms with Gasteiger partial charge in [0.05, 0.1) is 13.7 Å². The second-order valence-electron chi connectivity index (χ2n) is 4.02. The van der Waals surface area contributed by atoms with Crippen LogP contribution in [-0.2, 0) is 6.54 Å². The number of nitrogens with one attached hydrogen (secondary N) is 1. The summed E-state index contributed by atoms with van der Waals surface area (Å²) in [6.07, 6.45) is 1.63. The van der Waals surface area contributed by atoms with Gasteiger partial charge >= 0.3 is 0 Å². The van der Waals surface area contributed by atoms with Crippen LogP contribution in [0.15, 0.2) is 18.3 Å². The molecule has 2 rings (SSSR count). The number of rotatable bonds is 5. The SMILES string of the molecule is COc1cc(C(C)=O)c(NCc2cnc(Cl)s2)cc1F. The lowest BCUT2D eigenvalue weighted by atomic mass is 10.1. The summed E-state index contributed by atoms with van der Waals surface area (Å²) >= 11 is 7.06. The molecule has 0 fully saturated rings. The molecule has 7 heteroatoms. The maximum Gasteiger partial charge on any atom is 0.183 e. The van der Waals surface area contributed by atoms with E-state index in [2.05, 4.69) is 10.3 Å². The number of carbonyl (C=O) groups excluding carboxylic acids is 1. The third-order valence-electron chi connectivity index (χ3n) is 2.65. The summed E-state index contributed by atoms with van der Waals surface area (Å²) in [5.41, 5.74) is 0.791. The molecule has 0 aliphatic carbocycles. The molecule has 0 spiro atoms. The molecule has 1 aromatic carbocycles. The molecule has 0 atom stereocenters. The Morgan fingerprint density at radius 1 is 1.55 bits per heavy atom. The van der Waals surface area contributed by atoms with Gasteiger partial charge in [0.2, 0.25) is 0 Å². The molecule has 1 aromatic heterocycles. The van der Waals surface area contributed by atoms with Gasteiger partial charge < -0.3 is 10.1 Å². The highest BCUT2D eigenvalue weighted by Gasteiger charge is 2.13. The molecule has 0 saturated heterocycles. The highest BCUT2D eigenvalue weighted by Crippen LogP contribution is 2.27. The van der Waals surface area contributed by atoms with Crippen molar-refractivity contribution in [3.8, 4) is 5.75 Å². The van der Waals surface area contributed by atoms with Gasteiger partial charge in [0.1, 0.15) is 0 Å². The Kier molecular flexibility index (Phi) is 4.57. The average Bonchev–Trinajstić information content (AvgIpc) is 2.82. The molecule has 0 saturated carbocycles. The van der Waals surface area contributed by atoms with E-state index < -0.39 is 5.82 Å². The first-order valence-electron chi connectivity index (χ1n) is 5.73. The Balaban J connectivity index is 2.25. The van der Waals surface area contributed by atoms with Gasteiger partial charge in [0.25, 0.3) is 0 Å². The molecule has 0 radical (unpaired) electrons. The fourth-order valence-electron chi connectivity index (χ4n) is 1.70. The van der Waals surface area contributed by atoms with Gasteiger partial charge in [0.15, 0.2) is 21.8 Å². The number of halogens is 2. The average molecular weight is 315 g/mol. The Labute approximate surface area is 124 Å². The number of hydrogen-bond donors (Lipinski definition) is 1. The molecule has 1 N–H and O–H groups in total. The Morgan fingerprint density at radius 2 is 2.30 bits per heavy atom. The van der Waals surface area contributed by atoms with Crippen LogP contribution in [0.1, 0.15) is 22.2 Å². The summed E-state index contributed by atoms with van der Waals surface area (Å²) in [4.78, 5) is 16.4. The first kappa shape index (κ1) is 14.7. The zero-order valence-corrected chi connectivity index (χ0v) is 12.4. The lowest BCUT2D eigenvalue weighted by Crippen LogP contribution is -2.06. The van der Waals surface area contributed by atoms with Gasteiger partial charge in [-0.05, 0) is 13.0 Å². The van der Waals surface area contributed by atoms with Crippen LogP contribution in [0.4, 0.5) is 10.1 Å². The van der Waals surface area contributed by atoms with Crippen LogP contribution in [0, 0.1) is 5.82 Å². The van der Waals surface area contributed by atoms with E-state index in [9.17, 15) is 9.18 Å². The van der Waals surface area contributed by atoms with Crippen molar-refractivity contribution in [2.45, 2.75) is 13.5 Å².